The van der Waals surface area contributed by atoms with Crippen molar-refractivity contribution in [1.82, 2.24) is 14.8 Å². The lowest BCUT2D eigenvalue weighted by Gasteiger charge is -2.12. The Morgan fingerprint density at radius 1 is 0.926 bits per heavy atom. The number of benzene rings is 2. The molecule has 5 nitrogen and oxygen atoms in total. The smallest absolute Gasteiger partial charge is 0.195 e. The summed E-state index contributed by atoms with van der Waals surface area (Å²) in [5, 5.41) is 9.61. The lowest BCUT2D eigenvalue weighted by Crippen LogP contribution is -2.07. The molecule has 27 heavy (non-hydrogen) atoms. The third-order valence-electron chi connectivity index (χ3n) is 3.72. The van der Waals surface area contributed by atoms with Crippen LogP contribution in [0.4, 0.5) is 0 Å². The van der Waals surface area contributed by atoms with Gasteiger partial charge in [-0.15, -0.1) is 10.2 Å². The average molecular weight is 448 g/mol. The largest absolute Gasteiger partial charge is 0.494 e. The highest BCUT2D eigenvalue weighted by Gasteiger charge is 2.15. The van der Waals surface area contributed by atoms with Crippen LogP contribution in [0.15, 0.2) is 58.2 Å². The van der Waals surface area contributed by atoms with Gasteiger partial charge in [-0.3, -0.25) is 4.57 Å². The van der Waals surface area contributed by atoms with E-state index in [2.05, 4.69) is 37.6 Å². The molecule has 0 saturated carbocycles. The zero-order valence-corrected chi connectivity index (χ0v) is 17.8. The molecule has 0 atom stereocenters. The lowest BCUT2D eigenvalue weighted by molar-refractivity contribution is 0.292. The van der Waals surface area contributed by atoms with Crippen molar-refractivity contribution in [3.8, 4) is 17.2 Å². The molecule has 7 heteroatoms. The number of halogens is 1. The Morgan fingerprint density at radius 3 is 2.26 bits per heavy atom. The zero-order chi connectivity index (χ0) is 19.1. The third-order valence-corrected chi connectivity index (χ3v) is 5.39. The molecule has 0 amide bonds. The summed E-state index contributed by atoms with van der Waals surface area (Å²) >= 11 is 5.13. The molecule has 142 valence electrons. The average Bonchev–Trinajstić information content (AvgIpc) is 3.09. The van der Waals surface area contributed by atoms with E-state index in [-0.39, 0.29) is 0 Å². The molecule has 0 radical (unpaired) electrons. The normalized spacial score (nSPS) is 10.8. The molecule has 1 heterocycles. The Morgan fingerprint density at radius 2 is 1.59 bits per heavy atom. The molecule has 0 spiro atoms. The van der Waals surface area contributed by atoms with Gasteiger partial charge in [0.15, 0.2) is 11.0 Å². The van der Waals surface area contributed by atoms with Gasteiger partial charge in [-0.2, -0.15) is 0 Å². The minimum Gasteiger partial charge on any atom is -0.494 e. The van der Waals surface area contributed by atoms with Crippen molar-refractivity contribution in [3.63, 3.8) is 0 Å². The highest BCUT2D eigenvalue weighted by atomic mass is 79.9. The van der Waals surface area contributed by atoms with E-state index in [1.54, 1.807) is 11.8 Å². The van der Waals surface area contributed by atoms with Crippen LogP contribution in [0.25, 0.3) is 5.69 Å². The van der Waals surface area contributed by atoms with Gasteiger partial charge in [-0.25, -0.2) is 0 Å². The van der Waals surface area contributed by atoms with Crippen LogP contribution in [0.1, 0.15) is 26.1 Å². The molecule has 0 aliphatic rings. The predicted octanol–water partition coefficient (Wildman–Crippen LogP) is 5.51. The number of rotatable bonds is 9. The van der Waals surface area contributed by atoms with E-state index < -0.39 is 0 Å². The maximum atomic E-state index is 5.91. The van der Waals surface area contributed by atoms with Gasteiger partial charge < -0.3 is 9.47 Å². The number of nitrogens with zero attached hydrogens (tertiary/aromatic N) is 3. The van der Waals surface area contributed by atoms with Crippen LogP contribution >= 0.6 is 27.7 Å². The van der Waals surface area contributed by atoms with Crippen molar-refractivity contribution >= 4 is 27.7 Å². The maximum Gasteiger partial charge on any atom is 0.195 e. The highest BCUT2D eigenvalue weighted by molar-refractivity contribution is 9.10. The van der Waals surface area contributed by atoms with E-state index in [1.165, 1.54) is 0 Å². The molecule has 0 unspecified atom stereocenters. The maximum absolute atomic E-state index is 5.91. The summed E-state index contributed by atoms with van der Waals surface area (Å²) < 4.78 is 14.5. The van der Waals surface area contributed by atoms with E-state index in [1.807, 2.05) is 55.5 Å². The van der Waals surface area contributed by atoms with Crippen LogP contribution < -0.4 is 9.47 Å². The number of hydrogen-bond donors (Lipinski definition) is 0. The van der Waals surface area contributed by atoms with Gasteiger partial charge in [0.2, 0.25) is 0 Å². The van der Waals surface area contributed by atoms with Crippen molar-refractivity contribution in [3.05, 3.63) is 58.8 Å². The minimum atomic E-state index is 0.342. The summed E-state index contributed by atoms with van der Waals surface area (Å²) in [6.45, 7) is 5.12. The molecule has 0 fully saturated rings. The van der Waals surface area contributed by atoms with E-state index >= 15 is 0 Å². The first-order chi connectivity index (χ1) is 13.2. The van der Waals surface area contributed by atoms with E-state index in [0.29, 0.717) is 13.2 Å². The number of aromatic nitrogens is 3. The van der Waals surface area contributed by atoms with E-state index in [9.17, 15) is 0 Å². The minimum absolute atomic E-state index is 0.342. The van der Waals surface area contributed by atoms with Crippen LogP contribution in [0.3, 0.4) is 0 Å². The monoisotopic (exact) mass is 447 g/mol. The first kappa shape index (κ1) is 19.8. The third kappa shape index (κ3) is 5.26. The SMILES string of the molecule is CCCSc1nnc(COc2ccc(Br)cc2)n1-c1ccc(OCC)cc1. The quantitative estimate of drug-likeness (QED) is 0.404. The Balaban J connectivity index is 1.84. The first-order valence-electron chi connectivity index (χ1n) is 8.90. The molecule has 2 aromatic carbocycles. The summed E-state index contributed by atoms with van der Waals surface area (Å²) in [6, 6.07) is 15.7. The second kappa shape index (κ2) is 9.80. The Bertz CT molecular complexity index is 851. The van der Waals surface area contributed by atoms with Crippen molar-refractivity contribution in [2.45, 2.75) is 32.0 Å². The van der Waals surface area contributed by atoms with Gasteiger partial charge in [0.25, 0.3) is 0 Å². The second-order valence-electron chi connectivity index (χ2n) is 5.75. The fourth-order valence-electron chi connectivity index (χ4n) is 2.48. The summed E-state index contributed by atoms with van der Waals surface area (Å²) in [5.41, 5.74) is 0.997. The number of hydrogen-bond acceptors (Lipinski definition) is 5. The fourth-order valence-corrected chi connectivity index (χ4v) is 3.57. The zero-order valence-electron chi connectivity index (χ0n) is 15.4. The Kier molecular flexibility index (Phi) is 7.18. The van der Waals surface area contributed by atoms with Gasteiger partial charge in [0.1, 0.15) is 18.1 Å². The summed E-state index contributed by atoms with van der Waals surface area (Å²) in [4.78, 5) is 0. The summed E-state index contributed by atoms with van der Waals surface area (Å²) in [7, 11) is 0. The van der Waals surface area contributed by atoms with Crippen molar-refractivity contribution < 1.29 is 9.47 Å². The molecular formula is C20H22BrN3O2S. The van der Waals surface area contributed by atoms with Gasteiger partial charge in [-0.1, -0.05) is 34.6 Å². The lowest BCUT2D eigenvalue weighted by atomic mass is 10.3. The second-order valence-corrected chi connectivity index (χ2v) is 7.73. The molecule has 0 bridgehead atoms. The molecule has 0 N–H and O–H groups in total. The molecule has 0 aliphatic heterocycles. The van der Waals surface area contributed by atoms with E-state index in [4.69, 9.17) is 9.47 Å². The number of thioether (sulfide) groups is 1. The molecule has 0 saturated heterocycles. The molecule has 3 rings (SSSR count). The van der Waals surface area contributed by atoms with Crippen LogP contribution in [0, 0.1) is 0 Å². The van der Waals surface area contributed by atoms with Gasteiger partial charge in [0.05, 0.1) is 6.61 Å². The van der Waals surface area contributed by atoms with Crippen molar-refractivity contribution in [2.75, 3.05) is 12.4 Å². The van der Waals surface area contributed by atoms with Crippen LogP contribution in [-0.2, 0) is 6.61 Å². The summed E-state index contributed by atoms with van der Waals surface area (Å²) in [6.07, 6.45) is 1.07. The van der Waals surface area contributed by atoms with Crippen molar-refractivity contribution in [1.29, 1.82) is 0 Å². The van der Waals surface area contributed by atoms with Crippen LogP contribution in [0.2, 0.25) is 0 Å². The summed E-state index contributed by atoms with van der Waals surface area (Å²) in [5.74, 6) is 3.40. The number of ether oxygens (including phenoxy) is 2. The Hall–Kier alpha value is -1.99. The Labute approximate surface area is 172 Å². The van der Waals surface area contributed by atoms with E-state index in [0.717, 1.165) is 44.8 Å². The van der Waals surface area contributed by atoms with Crippen LogP contribution in [-0.4, -0.2) is 27.1 Å². The standard InChI is InChI=1S/C20H22BrN3O2S/c1-3-13-27-20-23-22-19(14-26-18-9-5-15(21)6-10-18)24(20)16-7-11-17(12-8-16)25-4-2/h5-12H,3-4,13-14H2,1-2H3. The van der Waals surface area contributed by atoms with Crippen molar-refractivity contribution in [2.24, 2.45) is 0 Å². The molecule has 1 aromatic heterocycles. The fraction of sp³-hybridized carbons (Fsp3) is 0.300. The van der Waals surface area contributed by atoms with Gasteiger partial charge in [0, 0.05) is 15.9 Å². The van der Waals surface area contributed by atoms with Crippen LogP contribution in [0.5, 0.6) is 11.5 Å². The van der Waals surface area contributed by atoms with Gasteiger partial charge in [-0.05, 0) is 61.9 Å². The van der Waals surface area contributed by atoms with Gasteiger partial charge >= 0.3 is 0 Å². The first-order valence-corrected chi connectivity index (χ1v) is 10.7. The molecular weight excluding hydrogens is 426 g/mol. The predicted molar refractivity (Wildman–Crippen MR) is 112 cm³/mol. The highest BCUT2D eigenvalue weighted by Crippen LogP contribution is 2.25. The molecule has 3 aromatic rings. The topological polar surface area (TPSA) is 49.2 Å². The molecule has 0 aliphatic carbocycles.